The zero-order valence-electron chi connectivity index (χ0n) is 24.0. The first-order valence-corrected chi connectivity index (χ1v) is 18.4. The van der Waals surface area contributed by atoms with Crippen LogP contribution in [0, 0.1) is 0 Å². The first-order valence-electron chi connectivity index (χ1n) is 12.6. The highest BCUT2D eigenvalue weighted by Gasteiger charge is 2.39. The average Bonchev–Trinajstić information content (AvgIpc) is 2.65. The number of rotatable bonds is 14. The molecule has 0 aliphatic carbocycles. The van der Waals surface area contributed by atoms with Crippen LogP contribution >= 0.6 is 0 Å². The van der Waals surface area contributed by atoms with Crippen LogP contribution in [-0.4, -0.2) is 77.7 Å². The Labute approximate surface area is 207 Å². The van der Waals surface area contributed by atoms with Gasteiger partial charge >= 0.3 is 5.97 Å². The van der Waals surface area contributed by atoms with Crippen LogP contribution in [0.1, 0.15) is 74.7 Å². The number of aliphatic hydroxyl groups is 1. The minimum atomic E-state index is -1.85. The van der Waals surface area contributed by atoms with Crippen molar-refractivity contribution in [3.63, 3.8) is 0 Å². The summed E-state index contributed by atoms with van der Waals surface area (Å²) in [5.74, 6) is -0.556. The molecule has 0 aliphatic heterocycles. The van der Waals surface area contributed by atoms with E-state index in [4.69, 9.17) is 8.85 Å². The van der Waals surface area contributed by atoms with Crippen molar-refractivity contribution in [3.8, 4) is 0 Å². The average molecular weight is 506 g/mol. The first-order chi connectivity index (χ1) is 14.7. The Bertz CT molecular complexity index is 584. The molecule has 0 bridgehead atoms. The SMILES string of the molecule is COC(=O)C(O)CCCCN(CC(C)O[Si](C)(C)C(C)(C)C)C(C)CO[Si](C)(C)C(C)(C)C. The number of ether oxygens (including phenoxy) is 1. The Hall–Kier alpha value is -0.256. The standard InChI is InChI=1S/C25H55NO5Si2/c1-20(19-30-32(10,11)24(3,4)5)26(17-15-14-16-22(27)23(28)29-9)18-21(2)31-33(12,13)25(6,7)8/h20-22,27H,14-19H2,1-13H3. The molecule has 0 spiro atoms. The van der Waals surface area contributed by atoms with Gasteiger partial charge in [0.1, 0.15) is 0 Å². The maximum absolute atomic E-state index is 11.5. The van der Waals surface area contributed by atoms with Gasteiger partial charge in [-0.15, -0.1) is 0 Å². The van der Waals surface area contributed by atoms with Gasteiger partial charge in [0.25, 0.3) is 0 Å². The number of methoxy groups -OCH3 is 1. The summed E-state index contributed by atoms with van der Waals surface area (Å²) in [6, 6.07) is 0.259. The van der Waals surface area contributed by atoms with Crippen molar-refractivity contribution in [2.24, 2.45) is 0 Å². The smallest absolute Gasteiger partial charge is 0.334 e. The maximum atomic E-state index is 11.5. The van der Waals surface area contributed by atoms with E-state index in [1.807, 2.05) is 0 Å². The fraction of sp³-hybridized carbons (Fsp3) is 0.960. The molecule has 0 amide bonds. The van der Waals surface area contributed by atoms with Crippen molar-refractivity contribution in [3.05, 3.63) is 0 Å². The van der Waals surface area contributed by atoms with E-state index < -0.39 is 28.7 Å². The van der Waals surface area contributed by atoms with Crippen LogP contribution in [0.5, 0.6) is 0 Å². The van der Waals surface area contributed by atoms with Crippen LogP contribution in [0.4, 0.5) is 0 Å². The van der Waals surface area contributed by atoms with Crippen LogP contribution in [-0.2, 0) is 18.4 Å². The van der Waals surface area contributed by atoms with Crippen molar-refractivity contribution in [2.75, 3.05) is 26.8 Å². The summed E-state index contributed by atoms with van der Waals surface area (Å²) in [6.45, 7) is 29.6. The minimum absolute atomic E-state index is 0.127. The second-order valence-corrected chi connectivity index (χ2v) is 22.2. The molecule has 0 saturated heterocycles. The molecule has 0 aromatic rings. The lowest BCUT2D eigenvalue weighted by Gasteiger charge is -2.41. The van der Waals surface area contributed by atoms with E-state index in [2.05, 4.69) is 91.2 Å². The second-order valence-electron chi connectivity index (χ2n) is 12.6. The third-order valence-electron chi connectivity index (χ3n) is 7.55. The van der Waals surface area contributed by atoms with Gasteiger partial charge in [-0.1, -0.05) is 41.5 Å². The summed E-state index contributed by atoms with van der Waals surface area (Å²) in [4.78, 5) is 13.9. The second kappa shape index (κ2) is 13.2. The molecule has 0 saturated carbocycles. The molecule has 0 aliphatic rings. The molecule has 0 fully saturated rings. The van der Waals surface area contributed by atoms with Gasteiger partial charge in [0.15, 0.2) is 22.7 Å². The van der Waals surface area contributed by atoms with E-state index in [1.54, 1.807) is 0 Å². The molecule has 0 aromatic heterocycles. The van der Waals surface area contributed by atoms with Gasteiger partial charge in [0.05, 0.1) is 13.2 Å². The summed E-state index contributed by atoms with van der Waals surface area (Å²) < 4.78 is 17.8. The van der Waals surface area contributed by atoms with Gasteiger partial charge in [-0.3, -0.25) is 4.90 Å². The normalized spacial score (nSPS) is 16.6. The zero-order chi connectivity index (χ0) is 26.3. The molecule has 0 rings (SSSR count). The van der Waals surface area contributed by atoms with Crippen LogP contribution in [0.2, 0.25) is 36.3 Å². The Morgan fingerprint density at radius 3 is 1.91 bits per heavy atom. The molecular weight excluding hydrogens is 450 g/mol. The van der Waals surface area contributed by atoms with Gasteiger partial charge in [-0.05, 0) is 75.9 Å². The van der Waals surface area contributed by atoms with Crippen molar-refractivity contribution in [1.29, 1.82) is 0 Å². The quantitative estimate of drug-likeness (QED) is 0.182. The monoisotopic (exact) mass is 505 g/mol. The van der Waals surface area contributed by atoms with Crippen LogP contribution in [0.25, 0.3) is 0 Å². The van der Waals surface area contributed by atoms with E-state index in [9.17, 15) is 9.90 Å². The molecular formula is C25H55NO5Si2. The lowest BCUT2D eigenvalue weighted by Crippen LogP contribution is -2.49. The highest BCUT2D eigenvalue weighted by molar-refractivity contribution is 6.74. The van der Waals surface area contributed by atoms with Crippen LogP contribution in [0.15, 0.2) is 0 Å². The van der Waals surface area contributed by atoms with Gasteiger partial charge < -0.3 is 18.7 Å². The summed E-state index contributed by atoms with van der Waals surface area (Å²) in [7, 11) is -2.36. The fourth-order valence-corrected chi connectivity index (χ4v) is 5.62. The lowest BCUT2D eigenvalue weighted by atomic mass is 10.1. The highest BCUT2D eigenvalue weighted by Crippen LogP contribution is 2.38. The number of unbranched alkanes of at least 4 members (excludes halogenated alkanes) is 1. The van der Waals surface area contributed by atoms with Crippen molar-refractivity contribution in [2.45, 2.75) is 129 Å². The van der Waals surface area contributed by atoms with E-state index in [0.29, 0.717) is 13.0 Å². The van der Waals surface area contributed by atoms with Gasteiger partial charge in [0.2, 0.25) is 0 Å². The Morgan fingerprint density at radius 2 is 1.45 bits per heavy atom. The molecule has 198 valence electrons. The van der Waals surface area contributed by atoms with Crippen molar-refractivity contribution in [1.82, 2.24) is 4.90 Å². The van der Waals surface area contributed by atoms with Crippen LogP contribution < -0.4 is 0 Å². The van der Waals surface area contributed by atoms with Crippen LogP contribution in [0.3, 0.4) is 0 Å². The maximum Gasteiger partial charge on any atom is 0.334 e. The molecule has 8 heteroatoms. The predicted octanol–water partition coefficient (Wildman–Crippen LogP) is 5.81. The predicted molar refractivity (Wildman–Crippen MR) is 144 cm³/mol. The number of hydrogen-bond donors (Lipinski definition) is 1. The summed E-state index contributed by atoms with van der Waals surface area (Å²) in [5, 5.41) is 10.2. The third kappa shape index (κ3) is 11.3. The molecule has 0 heterocycles. The number of hydrogen-bond acceptors (Lipinski definition) is 6. The number of esters is 1. The van der Waals surface area contributed by atoms with E-state index in [1.165, 1.54) is 7.11 Å². The van der Waals surface area contributed by atoms with E-state index >= 15 is 0 Å². The van der Waals surface area contributed by atoms with Crippen molar-refractivity contribution >= 4 is 22.6 Å². The third-order valence-corrected chi connectivity index (χ3v) is 16.7. The lowest BCUT2D eigenvalue weighted by molar-refractivity contribution is -0.150. The highest BCUT2D eigenvalue weighted by atomic mass is 28.4. The fourth-order valence-electron chi connectivity index (χ4n) is 3.10. The Kier molecular flexibility index (Phi) is 13.1. The summed E-state index contributed by atoms with van der Waals surface area (Å²) >= 11 is 0. The molecule has 33 heavy (non-hydrogen) atoms. The van der Waals surface area contributed by atoms with Crippen molar-refractivity contribution < 1.29 is 23.5 Å². The van der Waals surface area contributed by atoms with E-state index in [-0.39, 0.29) is 22.2 Å². The molecule has 3 atom stereocenters. The zero-order valence-corrected chi connectivity index (χ0v) is 26.0. The number of carbonyl (C=O) groups excluding carboxylic acids is 1. The number of aliphatic hydroxyl groups excluding tert-OH is 1. The summed E-state index contributed by atoms with van der Waals surface area (Å²) in [6.07, 6.45) is 1.17. The Balaban J connectivity index is 5.16. The van der Waals surface area contributed by atoms with Gasteiger partial charge in [0, 0.05) is 19.2 Å². The molecule has 1 N–H and O–H groups in total. The van der Waals surface area contributed by atoms with Gasteiger partial charge in [-0.25, -0.2) is 4.79 Å². The Morgan fingerprint density at radius 1 is 0.939 bits per heavy atom. The van der Waals surface area contributed by atoms with Gasteiger partial charge in [-0.2, -0.15) is 0 Å². The largest absolute Gasteiger partial charge is 0.467 e. The summed E-state index contributed by atoms with van der Waals surface area (Å²) in [5.41, 5.74) is 0. The number of nitrogens with zero attached hydrogens (tertiary/aromatic N) is 1. The molecule has 3 unspecified atom stereocenters. The molecule has 0 radical (unpaired) electrons. The molecule has 0 aromatic carbocycles. The topological polar surface area (TPSA) is 68.2 Å². The first kappa shape index (κ1) is 32.7. The number of carbonyl (C=O) groups is 1. The van der Waals surface area contributed by atoms with E-state index in [0.717, 1.165) is 25.9 Å². The molecule has 6 nitrogen and oxygen atoms in total. The minimum Gasteiger partial charge on any atom is -0.467 e.